The molecule has 0 bridgehead atoms. The van der Waals surface area contributed by atoms with Gasteiger partial charge in [-0.05, 0) is 31.3 Å². The molecule has 0 amide bonds. The number of halogens is 2. The van der Waals surface area contributed by atoms with Gasteiger partial charge in [0.1, 0.15) is 0 Å². The van der Waals surface area contributed by atoms with Crippen LogP contribution in [-0.4, -0.2) is 30.5 Å². The molecule has 0 aromatic carbocycles. The summed E-state index contributed by atoms with van der Waals surface area (Å²) in [5.74, 6) is -2.45. The molecule has 1 nitrogen and oxygen atoms in total. The second kappa shape index (κ2) is 4.13. The summed E-state index contributed by atoms with van der Waals surface area (Å²) in [7, 11) is 0. The van der Waals surface area contributed by atoms with Crippen molar-refractivity contribution < 1.29 is 8.78 Å². The molecule has 0 unspecified atom stereocenters. The van der Waals surface area contributed by atoms with E-state index in [4.69, 9.17) is 0 Å². The third-order valence-electron chi connectivity index (χ3n) is 2.65. The van der Waals surface area contributed by atoms with E-state index in [1.54, 1.807) is 0 Å². The van der Waals surface area contributed by atoms with Crippen LogP contribution in [0.3, 0.4) is 0 Å². The number of nitrogens with zero attached hydrogens (tertiary/aromatic N) is 1. The van der Waals surface area contributed by atoms with Crippen molar-refractivity contribution in [2.45, 2.75) is 46.0 Å². The normalized spacial score (nSPS) is 23.8. The van der Waals surface area contributed by atoms with E-state index >= 15 is 0 Å². The fourth-order valence-corrected chi connectivity index (χ4v) is 1.73. The minimum Gasteiger partial charge on any atom is -0.297 e. The quantitative estimate of drug-likeness (QED) is 0.669. The molecule has 84 valence electrons. The van der Waals surface area contributed by atoms with Crippen LogP contribution in [0.2, 0.25) is 0 Å². The van der Waals surface area contributed by atoms with E-state index < -0.39 is 5.92 Å². The first-order valence-electron chi connectivity index (χ1n) is 5.39. The maximum Gasteiger partial charge on any atom is 0.260 e. The third-order valence-corrected chi connectivity index (χ3v) is 2.65. The fraction of sp³-hybridized carbons (Fsp3) is 1.00. The van der Waals surface area contributed by atoms with E-state index in [0.717, 1.165) is 19.5 Å². The molecule has 0 aliphatic carbocycles. The predicted molar refractivity (Wildman–Crippen MR) is 54.7 cm³/mol. The van der Waals surface area contributed by atoms with Gasteiger partial charge in [-0.2, -0.15) is 0 Å². The summed E-state index contributed by atoms with van der Waals surface area (Å²) in [5.41, 5.74) is 0.243. The molecule has 1 aliphatic heterocycles. The Morgan fingerprint density at radius 1 is 1.29 bits per heavy atom. The van der Waals surface area contributed by atoms with E-state index in [2.05, 4.69) is 20.8 Å². The van der Waals surface area contributed by atoms with Gasteiger partial charge in [0.25, 0.3) is 5.92 Å². The molecule has 1 saturated heterocycles. The minimum absolute atomic E-state index is 0.0386. The van der Waals surface area contributed by atoms with Gasteiger partial charge in [-0.25, -0.2) is 8.78 Å². The number of alkyl halides is 2. The van der Waals surface area contributed by atoms with Crippen molar-refractivity contribution in [3.8, 4) is 0 Å². The lowest BCUT2D eigenvalue weighted by Crippen LogP contribution is -2.43. The summed E-state index contributed by atoms with van der Waals surface area (Å²) in [4.78, 5) is 1.90. The Labute approximate surface area is 85.5 Å². The number of rotatable bonds is 2. The maximum absolute atomic E-state index is 13.0. The molecular formula is C11H21F2N. The summed E-state index contributed by atoms with van der Waals surface area (Å²) >= 11 is 0. The molecule has 1 heterocycles. The van der Waals surface area contributed by atoms with Gasteiger partial charge in [-0.1, -0.05) is 20.8 Å². The molecule has 0 aromatic heterocycles. The van der Waals surface area contributed by atoms with Gasteiger partial charge in [-0.3, -0.25) is 4.90 Å². The van der Waals surface area contributed by atoms with E-state index in [9.17, 15) is 8.78 Å². The van der Waals surface area contributed by atoms with Crippen LogP contribution in [0, 0.1) is 5.41 Å². The lowest BCUT2D eigenvalue weighted by Gasteiger charge is -2.34. The summed E-state index contributed by atoms with van der Waals surface area (Å²) in [6, 6.07) is 0. The van der Waals surface area contributed by atoms with Crippen molar-refractivity contribution in [3.05, 3.63) is 0 Å². The smallest absolute Gasteiger partial charge is 0.260 e. The highest BCUT2D eigenvalue weighted by Gasteiger charge is 2.34. The Balaban J connectivity index is 2.32. The number of piperidine rings is 1. The second-order valence-electron chi connectivity index (χ2n) is 5.55. The van der Waals surface area contributed by atoms with Crippen LogP contribution in [0.5, 0.6) is 0 Å². The van der Waals surface area contributed by atoms with Crippen molar-refractivity contribution in [1.29, 1.82) is 0 Å². The van der Waals surface area contributed by atoms with E-state index in [0.29, 0.717) is 6.42 Å². The number of hydrogen-bond acceptors (Lipinski definition) is 1. The molecule has 1 rings (SSSR count). The van der Waals surface area contributed by atoms with Gasteiger partial charge in [0, 0.05) is 6.42 Å². The first-order valence-corrected chi connectivity index (χ1v) is 5.39. The van der Waals surface area contributed by atoms with Crippen molar-refractivity contribution in [3.63, 3.8) is 0 Å². The fourth-order valence-electron chi connectivity index (χ4n) is 1.73. The SMILES string of the molecule is CC(C)(C)CCN1CCCC(F)(F)C1. The zero-order valence-electron chi connectivity index (χ0n) is 9.45. The van der Waals surface area contributed by atoms with E-state index in [1.807, 2.05) is 4.90 Å². The second-order valence-corrected chi connectivity index (χ2v) is 5.55. The van der Waals surface area contributed by atoms with Gasteiger partial charge >= 0.3 is 0 Å². The molecule has 0 saturated carbocycles. The highest BCUT2D eigenvalue weighted by Crippen LogP contribution is 2.27. The Hall–Kier alpha value is -0.180. The van der Waals surface area contributed by atoms with Crippen LogP contribution >= 0.6 is 0 Å². The highest BCUT2D eigenvalue weighted by atomic mass is 19.3. The number of hydrogen-bond donors (Lipinski definition) is 0. The molecule has 0 atom stereocenters. The Morgan fingerprint density at radius 3 is 2.43 bits per heavy atom. The minimum atomic E-state index is -2.45. The van der Waals surface area contributed by atoms with Gasteiger partial charge < -0.3 is 0 Å². The van der Waals surface area contributed by atoms with Crippen molar-refractivity contribution >= 4 is 0 Å². The number of likely N-dealkylation sites (tertiary alicyclic amines) is 1. The molecule has 1 fully saturated rings. The Kier molecular flexibility index (Phi) is 3.51. The van der Waals surface area contributed by atoms with Crippen molar-refractivity contribution in [1.82, 2.24) is 4.90 Å². The Morgan fingerprint density at radius 2 is 1.93 bits per heavy atom. The van der Waals surface area contributed by atoms with Crippen LogP contribution in [0.4, 0.5) is 8.78 Å². The summed E-state index contributed by atoms with van der Waals surface area (Å²) in [5, 5.41) is 0. The summed E-state index contributed by atoms with van der Waals surface area (Å²) in [6.07, 6.45) is 1.69. The average Bonchev–Trinajstić information content (AvgIpc) is 1.98. The maximum atomic E-state index is 13.0. The van der Waals surface area contributed by atoms with Crippen molar-refractivity contribution in [2.24, 2.45) is 5.41 Å². The summed E-state index contributed by atoms with van der Waals surface area (Å²) < 4.78 is 26.1. The molecule has 0 N–H and O–H groups in total. The molecule has 0 radical (unpaired) electrons. The van der Waals surface area contributed by atoms with Crippen LogP contribution in [-0.2, 0) is 0 Å². The van der Waals surface area contributed by atoms with Gasteiger partial charge in [0.15, 0.2) is 0 Å². The predicted octanol–water partition coefficient (Wildman–Crippen LogP) is 3.15. The zero-order chi connectivity index (χ0) is 10.8. The summed E-state index contributed by atoms with van der Waals surface area (Å²) in [6.45, 7) is 8.05. The van der Waals surface area contributed by atoms with E-state index in [1.165, 1.54) is 0 Å². The lowest BCUT2D eigenvalue weighted by molar-refractivity contribution is -0.0655. The van der Waals surface area contributed by atoms with Gasteiger partial charge in [0.05, 0.1) is 6.54 Å². The zero-order valence-corrected chi connectivity index (χ0v) is 9.45. The standard InChI is InChI=1S/C11H21F2N/c1-10(2,3)6-8-14-7-4-5-11(12,13)9-14/h4-9H2,1-3H3. The molecular weight excluding hydrogens is 184 g/mol. The van der Waals surface area contributed by atoms with Gasteiger partial charge in [0.2, 0.25) is 0 Å². The van der Waals surface area contributed by atoms with E-state index in [-0.39, 0.29) is 18.4 Å². The molecule has 0 spiro atoms. The first kappa shape index (κ1) is 11.9. The molecule has 0 aromatic rings. The largest absolute Gasteiger partial charge is 0.297 e. The lowest BCUT2D eigenvalue weighted by atomic mass is 9.91. The van der Waals surface area contributed by atoms with Crippen LogP contribution < -0.4 is 0 Å². The van der Waals surface area contributed by atoms with Gasteiger partial charge in [-0.15, -0.1) is 0 Å². The molecule has 14 heavy (non-hydrogen) atoms. The van der Waals surface area contributed by atoms with Crippen LogP contribution in [0.1, 0.15) is 40.0 Å². The third kappa shape index (κ3) is 4.36. The highest BCUT2D eigenvalue weighted by molar-refractivity contribution is 4.79. The average molecular weight is 205 g/mol. The van der Waals surface area contributed by atoms with Crippen LogP contribution in [0.15, 0.2) is 0 Å². The van der Waals surface area contributed by atoms with Crippen molar-refractivity contribution in [2.75, 3.05) is 19.6 Å². The monoisotopic (exact) mass is 205 g/mol. The first-order chi connectivity index (χ1) is 6.29. The molecule has 3 heteroatoms. The topological polar surface area (TPSA) is 3.24 Å². The van der Waals surface area contributed by atoms with Crippen LogP contribution in [0.25, 0.3) is 0 Å². The Bertz CT molecular complexity index is 184. The molecule has 1 aliphatic rings.